The summed E-state index contributed by atoms with van der Waals surface area (Å²) in [6.45, 7) is -0.484. The second-order valence-corrected chi connectivity index (χ2v) is 4.18. The predicted octanol–water partition coefficient (Wildman–Crippen LogP) is 0.0529. The number of aromatic carboxylic acids is 1. The van der Waals surface area contributed by atoms with Gasteiger partial charge in [0.25, 0.3) is 5.56 Å². The second kappa shape index (κ2) is 5.21. The fraction of sp³-hybridized carbons (Fsp3) is 0.231. The molecule has 1 heterocycles. The van der Waals surface area contributed by atoms with Crippen LogP contribution in [0, 0.1) is 0 Å². The molecule has 2 aromatic rings. The minimum Gasteiger partial charge on any atom is -0.478 e. The van der Waals surface area contributed by atoms with Crippen molar-refractivity contribution < 1.29 is 20.1 Å². The van der Waals surface area contributed by atoms with Gasteiger partial charge in [-0.1, -0.05) is 6.07 Å². The fourth-order valence-electron chi connectivity index (χ4n) is 1.93. The van der Waals surface area contributed by atoms with Crippen LogP contribution in [-0.4, -0.2) is 38.6 Å². The highest BCUT2D eigenvalue weighted by molar-refractivity contribution is 6.03. The Morgan fingerprint density at radius 3 is 2.63 bits per heavy atom. The van der Waals surface area contributed by atoms with Gasteiger partial charge in [0.15, 0.2) is 0 Å². The Hall–Kier alpha value is -2.18. The standard InChI is InChI=1S/C13H13NO5/c15-7-8(16)6-14-5-4-9-10(12(14)17)2-1-3-11(9)13(18)19/h1-5,8,15-16H,6-7H2,(H,18,19). The zero-order valence-electron chi connectivity index (χ0n) is 9.98. The third kappa shape index (κ3) is 2.49. The van der Waals surface area contributed by atoms with E-state index in [1.165, 1.54) is 35.0 Å². The summed E-state index contributed by atoms with van der Waals surface area (Å²) < 4.78 is 1.24. The molecule has 0 fully saturated rings. The van der Waals surface area contributed by atoms with Gasteiger partial charge in [0.1, 0.15) is 0 Å². The first-order valence-electron chi connectivity index (χ1n) is 5.69. The van der Waals surface area contributed by atoms with Gasteiger partial charge in [0.2, 0.25) is 0 Å². The maximum atomic E-state index is 12.1. The molecule has 0 aliphatic rings. The number of benzene rings is 1. The van der Waals surface area contributed by atoms with Gasteiger partial charge in [-0.3, -0.25) is 4.79 Å². The van der Waals surface area contributed by atoms with Crippen molar-refractivity contribution in [2.45, 2.75) is 12.6 Å². The SMILES string of the molecule is O=C(O)c1cccc2c(=O)n(CC(O)CO)ccc12. The van der Waals surface area contributed by atoms with Gasteiger partial charge in [-0.05, 0) is 18.2 Å². The summed E-state index contributed by atoms with van der Waals surface area (Å²) in [5, 5.41) is 27.8. The Balaban J connectivity index is 2.60. The lowest BCUT2D eigenvalue weighted by atomic mass is 10.1. The number of hydrogen-bond acceptors (Lipinski definition) is 4. The van der Waals surface area contributed by atoms with Crippen molar-refractivity contribution in [3.63, 3.8) is 0 Å². The van der Waals surface area contributed by atoms with Crippen molar-refractivity contribution in [1.82, 2.24) is 4.57 Å². The Morgan fingerprint density at radius 2 is 2.00 bits per heavy atom. The molecule has 100 valence electrons. The number of carboxylic acid groups (broad SMARTS) is 1. The number of pyridine rings is 1. The topological polar surface area (TPSA) is 99.8 Å². The summed E-state index contributed by atoms with van der Waals surface area (Å²) in [7, 11) is 0. The molecule has 6 nitrogen and oxygen atoms in total. The van der Waals surface area contributed by atoms with E-state index in [1.807, 2.05) is 0 Å². The van der Waals surface area contributed by atoms with E-state index in [0.717, 1.165) is 0 Å². The maximum absolute atomic E-state index is 12.1. The van der Waals surface area contributed by atoms with Crippen LogP contribution in [0.15, 0.2) is 35.3 Å². The van der Waals surface area contributed by atoms with Gasteiger partial charge in [-0.25, -0.2) is 4.79 Å². The minimum absolute atomic E-state index is 0.0391. The molecule has 1 unspecified atom stereocenters. The molecule has 3 N–H and O–H groups in total. The number of aliphatic hydroxyl groups excluding tert-OH is 2. The first kappa shape index (κ1) is 13.3. The molecule has 0 amide bonds. The van der Waals surface area contributed by atoms with Crippen LogP contribution in [0.25, 0.3) is 10.8 Å². The van der Waals surface area contributed by atoms with Crippen molar-refractivity contribution in [2.75, 3.05) is 6.61 Å². The summed E-state index contributed by atoms with van der Waals surface area (Å²) in [5.41, 5.74) is -0.336. The van der Waals surface area contributed by atoms with Crippen LogP contribution >= 0.6 is 0 Å². The van der Waals surface area contributed by atoms with E-state index in [2.05, 4.69) is 0 Å². The summed E-state index contributed by atoms with van der Waals surface area (Å²) in [6.07, 6.45) is 0.383. The van der Waals surface area contributed by atoms with Gasteiger partial charge >= 0.3 is 5.97 Å². The minimum atomic E-state index is -1.10. The Bertz CT molecular complexity index is 676. The molecule has 19 heavy (non-hydrogen) atoms. The molecular weight excluding hydrogens is 250 g/mol. The van der Waals surface area contributed by atoms with E-state index in [4.69, 9.17) is 10.2 Å². The normalized spacial score (nSPS) is 12.5. The van der Waals surface area contributed by atoms with Crippen LogP contribution in [0.2, 0.25) is 0 Å². The highest BCUT2D eigenvalue weighted by Crippen LogP contribution is 2.15. The second-order valence-electron chi connectivity index (χ2n) is 4.18. The number of aliphatic hydroxyl groups is 2. The first-order valence-corrected chi connectivity index (χ1v) is 5.69. The number of rotatable bonds is 4. The molecule has 1 aromatic heterocycles. The molecule has 0 saturated heterocycles. The van der Waals surface area contributed by atoms with E-state index < -0.39 is 24.2 Å². The summed E-state index contributed by atoms with van der Waals surface area (Å²) in [6, 6.07) is 5.98. The largest absolute Gasteiger partial charge is 0.478 e. The molecule has 1 aromatic carbocycles. The molecule has 0 saturated carbocycles. The monoisotopic (exact) mass is 263 g/mol. The number of fused-ring (bicyclic) bond motifs is 1. The molecule has 0 radical (unpaired) electrons. The predicted molar refractivity (Wildman–Crippen MR) is 68.3 cm³/mol. The molecule has 2 rings (SSSR count). The van der Waals surface area contributed by atoms with Crippen LogP contribution < -0.4 is 5.56 Å². The zero-order chi connectivity index (χ0) is 14.0. The van der Waals surface area contributed by atoms with Gasteiger partial charge in [0.05, 0.1) is 24.8 Å². The van der Waals surface area contributed by atoms with Gasteiger partial charge < -0.3 is 19.9 Å². The van der Waals surface area contributed by atoms with Gasteiger partial charge in [-0.15, -0.1) is 0 Å². The number of nitrogens with zero attached hydrogens (tertiary/aromatic N) is 1. The summed E-state index contributed by atoms with van der Waals surface area (Å²) in [4.78, 5) is 23.2. The summed E-state index contributed by atoms with van der Waals surface area (Å²) >= 11 is 0. The zero-order valence-corrected chi connectivity index (χ0v) is 9.98. The number of aromatic nitrogens is 1. The van der Waals surface area contributed by atoms with Crippen molar-refractivity contribution >= 4 is 16.7 Å². The van der Waals surface area contributed by atoms with Gasteiger partial charge in [0, 0.05) is 17.0 Å². The van der Waals surface area contributed by atoms with Crippen LogP contribution in [0.4, 0.5) is 0 Å². The van der Waals surface area contributed by atoms with Crippen molar-refractivity contribution in [3.8, 4) is 0 Å². The summed E-state index contributed by atoms with van der Waals surface area (Å²) in [5.74, 6) is -1.10. The molecule has 1 atom stereocenters. The van der Waals surface area contributed by atoms with E-state index in [0.29, 0.717) is 5.39 Å². The lowest BCUT2D eigenvalue weighted by Gasteiger charge is -2.11. The fourth-order valence-corrected chi connectivity index (χ4v) is 1.93. The molecular formula is C13H13NO5. The average Bonchev–Trinajstić information content (AvgIpc) is 2.41. The van der Waals surface area contributed by atoms with Crippen LogP contribution in [0.3, 0.4) is 0 Å². The van der Waals surface area contributed by atoms with E-state index in [-0.39, 0.29) is 17.5 Å². The first-order chi connectivity index (χ1) is 9.04. The molecule has 6 heteroatoms. The van der Waals surface area contributed by atoms with Gasteiger partial charge in [-0.2, -0.15) is 0 Å². The average molecular weight is 263 g/mol. The van der Waals surface area contributed by atoms with E-state index >= 15 is 0 Å². The Kier molecular flexibility index (Phi) is 3.64. The maximum Gasteiger partial charge on any atom is 0.336 e. The highest BCUT2D eigenvalue weighted by Gasteiger charge is 2.12. The van der Waals surface area contributed by atoms with E-state index in [1.54, 1.807) is 0 Å². The lowest BCUT2D eigenvalue weighted by molar-refractivity contribution is 0.0699. The van der Waals surface area contributed by atoms with Crippen LogP contribution in [0.5, 0.6) is 0 Å². The molecule has 0 aliphatic carbocycles. The number of hydrogen-bond donors (Lipinski definition) is 3. The van der Waals surface area contributed by atoms with Crippen molar-refractivity contribution in [1.29, 1.82) is 0 Å². The number of carboxylic acids is 1. The van der Waals surface area contributed by atoms with Crippen LogP contribution in [0.1, 0.15) is 10.4 Å². The van der Waals surface area contributed by atoms with Crippen molar-refractivity contribution in [2.24, 2.45) is 0 Å². The quantitative estimate of drug-likeness (QED) is 0.724. The Labute approximate surface area is 108 Å². The molecule has 0 spiro atoms. The van der Waals surface area contributed by atoms with Crippen LogP contribution in [-0.2, 0) is 6.54 Å². The lowest BCUT2D eigenvalue weighted by Crippen LogP contribution is -2.28. The highest BCUT2D eigenvalue weighted by atomic mass is 16.4. The van der Waals surface area contributed by atoms with Crippen molar-refractivity contribution in [3.05, 3.63) is 46.4 Å². The Morgan fingerprint density at radius 1 is 1.26 bits per heavy atom. The third-order valence-corrected chi connectivity index (χ3v) is 2.87. The smallest absolute Gasteiger partial charge is 0.336 e. The molecule has 0 aliphatic heterocycles. The van der Waals surface area contributed by atoms with E-state index in [9.17, 15) is 14.7 Å². The number of carbonyl (C=O) groups is 1. The molecule has 0 bridgehead atoms. The third-order valence-electron chi connectivity index (χ3n) is 2.87.